The lowest BCUT2D eigenvalue weighted by Crippen LogP contribution is -2.21. The Morgan fingerprint density at radius 1 is 1.44 bits per heavy atom. The summed E-state index contributed by atoms with van der Waals surface area (Å²) in [5.41, 5.74) is 1.71. The zero-order valence-electron chi connectivity index (χ0n) is 10.4. The predicted molar refractivity (Wildman–Crippen MR) is 69.7 cm³/mol. The lowest BCUT2D eigenvalue weighted by Gasteiger charge is -2.16. The van der Waals surface area contributed by atoms with E-state index in [9.17, 15) is 15.2 Å². The first kappa shape index (κ1) is 12.8. The van der Waals surface area contributed by atoms with Crippen molar-refractivity contribution in [2.45, 2.75) is 32.3 Å². The molecule has 1 aliphatic carbocycles. The number of aliphatic hydroxyl groups is 1. The molecule has 2 atom stereocenters. The number of aryl methyl sites for hydroxylation is 1. The van der Waals surface area contributed by atoms with Crippen LogP contribution < -0.4 is 5.32 Å². The van der Waals surface area contributed by atoms with Gasteiger partial charge in [0.25, 0.3) is 5.69 Å². The lowest BCUT2D eigenvalue weighted by atomic mass is 10.1. The van der Waals surface area contributed by atoms with Crippen molar-refractivity contribution in [1.82, 2.24) is 0 Å². The monoisotopic (exact) mass is 250 g/mol. The maximum atomic E-state index is 10.8. The van der Waals surface area contributed by atoms with Crippen molar-refractivity contribution in [1.29, 1.82) is 0 Å². The summed E-state index contributed by atoms with van der Waals surface area (Å²) >= 11 is 0. The third kappa shape index (κ3) is 2.98. The predicted octanol–water partition coefficient (Wildman–Crippen LogP) is 2.48. The van der Waals surface area contributed by atoms with Crippen molar-refractivity contribution in [3.05, 3.63) is 33.9 Å². The fourth-order valence-corrected chi connectivity index (χ4v) is 2.47. The van der Waals surface area contributed by atoms with Gasteiger partial charge in [0, 0.05) is 30.3 Å². The average molecular weight is 250 g/mol. The highest BCUT2D eigenvalue weighted by Crippen LogP contribution is 2.27. The van der Waals surface area contributed by atoms with E-state index in [0.29, 0.717) is 6.54 Å². The molecular weight excluding hydrogens is 232 g/mol. The summed E-state index contributed by atoms with van der Waals surface area (Å²) in [4.78, 5) is 10.4. The highest BCUT2D eigenvalue weighted by Gasteiger charge is 2.24. The molecule has 5 nitrogen and oxygen atoms in total. The van der Waals surface area contributed by atoms with Gasteiger partial charge in [-0.05, 0) is 31.4 Å². The number of nitrogens with one attached hydrogen (secondary N) is 1. The number of hydrogen-bond donors (Lipinski definition) is 2. The van der Waals surface area contributed by atoms with Gasteiger partial charge in [-0.1, -0.05) is 6.42 Å². The number of anilines is 1. The molecule has 1 aliphatic rings. The first-order valence-electron chi connectivity index (χ1n) is 6.24. The van der Waals surface area contributed by atoms with E-state index in [1.54, 1.807) is 6.07 Å². The Morgan fingerprint density at radius 2 is 2.22 bits per heavy atom. The molecule has 0 aromatic heterocycles. The largest absolute Gasteiger partial charge is 0.393 e. The molecule has 1 aromatic carbocycles. The summed E-state index contributed by atoms with van der Waals surface area (Å²) in [5, 5.41) is 23.7. The molecule has 2 N–H and O–H groups in total. The second kappa shape index (κ2) is 5.35. The quantitative estimate of drug-likeness (QED) is 0.636. The summed E-state index contributed by atoms with van der Waals surface area (Å²) in [5.74, 6) is 0.254. The number of nitro benzene ring substituents is 1. The van der Waals surface area contributed by atoms with E-state index in [1.807, 2.05) is 13.0 Å². The number of aliphatic hydroxyl groups excluding tert-OH is 1. The van der Waals surface area contributed by atoms with Crippen LogP contribution in [0.15, 0.2) is 18.2 Å². The van der Waals surface area contributed by atoms with Gasteiger partial charge in [0.05, 0.1) is 11.0 Å². The molecule has 98 valence electrons. The maximum absolute atomic E-state index is 10.8. The molecular formula is C13H18N2O3. The smallest absolute Gasteiger partial charge is 0.271 e. The normalized spacial score (nSPS) is 23.0. The van der Waals surface area contributed by atoms with Crippen LogP contribution in [0.25, 0.3) is 0 Å². The van der Waals surface area contributed by atoms with Crippen molar-refractivity contribution in [3.63, 3.8) is 0 Å². The third-order valence-corrected chi connectivity index (χ3v) is 3.46. The Kier molecular flexibility index (Phi) is 3.81. The van der Waals surface area contributed by atoms with Gasteiger partial charge in [0.15, 0.2) is 0 Å². The summed E-state index contributed by atoms with van der Waals surface area (Å²) < 4.78 is 0. The minimum atomic E-state index is -0.386. The number of rotatable bonds is 4. The van der Waals surface area contributed by atoms with E-state index in [-0.39, 0.29) is 22.6 Å². The molecule has 5 heteroatoms. The van der Waals surface area contributed by atoms with Gasteiger partial charge in [-0.2, -0.15) is 0 Å². The number of nitrogens with zero attached hydrogens (tertiary/aromatic N) is 1. The van der Waals surface area contributed by atoms with Crippen LogP contribution in [0.5, 0.6) is 0 Å². The van der Waals surface area contributed by atoms with Gasteiger partial charge in [0.2, 0.25) is 0 Å². The van der Waals surface area contributed by atoms with E-state index in [0.717, 1.165) is 30.5 Å². The molecule has 0 bridgehead atoms. The Balaban J connectivity index is 2.02. The van der Waals surface area contributed by atoms with E-state index >= 15 is 0 Å². The molecule has 18 heavy (non-hydrogen) atoms. The number of nitro groups is 1. The number of hydrogen-bond acceptors (Lipinski definition) is 4. The van der Waals surface area contributed by atoms with Gasteiger partial charge in [-0.15, -0.1) is 0 Å². The van der Waals surface area contributed by atoms with Crippen LogP contribution in [-0.2, 0) is 0 Å². The first-order chi connectivity index (χ1) is 8.56. The molecule has 0 saturated heterocycles. The third-order valence-electron chi connectivity index (χ3n) is 3.46. The van der Waals surface area contributed by atoms with Gasteiger partial charge >= 0.3 is 0 Å². The van der Waals surface area contributed by atoms with E-state index in [1.165, 1.54) is 6.07 Å². The highest BCUT2D eigenvalue weighted by molar-refractivity contribution is 5.53. The summed E-state index contributed by atoms with van der Waals surface area (Å²) in [6.45, 7) is 2.50. The van der Waals surface area contributed by atoms with Crippen LogP contribution in [0.3, 0.4) is 0 Å². The summed E-state index contributed by atoms with van der Waals surface area (Å²) in [7, 11) is 0. The topological polar surface area (TPSA) is 75.4 Å². The molecule has 0 spiro atoms. The molecule has 1 fully saturated rings. The Labute approximate surface area is 106 Å². The molecule has 1 saturated carbocycles. The van der Waals surface area contributed by atoms with Gasteiger partial charge in [-0.3, -0.25) is 10.1 Å². The Bertz CT molecular complexity index is 448. The van der Waals surface area contributed by atoms with Crippen LogP contribution in [0, 0.1) is 23.0 Å². The van der Waals surface area contributed by atoms with Crippen LogP contribution in [-0.4, -0.2) is 22.7 Å². The van der Waals surface area contributed by atoms with Gasteiger partial charge in [-0.25, -0.2) is 0 Å². The standard InChI is InChI=1S/C13H18N2O3/c1-9-5-11(7-12(6-9)15(17)18)14-8-10-3-2-4-13(10)16/h5-7,10,13-14,16H,2-4,8H2,1H3. The summed E-state index contributed by atoms with van der Waals surface area (Å²) in [6, 6.07) is 4.97. The van der Waals surface area contributed by atoms with Crippen molar-refractivity contribution in [2.24, 2.45) is 5.92 Å². The maximum Gasteiger partial charge on any atom is 0.271 e. The second-order valence-corrected chi connectivity index (χ2v) is 4.95. The Morgan fingerprint density at radius 3 is 2.83 bits per heavy atom. The fourth-order valence-electron chi connectivity index (χ4n) is 2.47. The van der Waals surface area contributed by atoms with Crippen molar-refractivity contribution >= 4 is 11.4 Å². The van der Waals surface area contributed by atoms with Crippen LogP contribution in [0.2, 0.25) is 0 Å². The molecule has 0 radical (unpaired) electrons. The minimum Gasteiger partial charge on any atom is -0.393 e. The average Bonchev–Trinajstić information content (AvgIpc) is 2.71. The van der Waals surface area contributed by atoms with E-state index < -0.39 is 0 Å². The Hall–Kier alpha value is -1.62. The number of non-ortho nitro benzene ring substituents is 1. The highest BCUT2D eigenvalue weighted by atomic mass is 16.6. The zero-order valence-corrected chi connectivity index (χ0v) is 10.4. The van der Waals surface area contributed by atoms with Crippen LogP contribution >= 0.6 is 0 Å². The number of benzene rings is 1. The molecule has 0 amide bonds. The molecule has 0 aliphatic heterocycles. The molecule has 2 unspecified atom stereocenters. The fraction of sp³-hybridized carbons (Fsp3) is 0.538. The molecule has 2 rings (SSSR count). The molecule has 0 heterocycles. The van der Waals surface area contributed by atoms with Crippen molar-refractivity contribution in [3.8, 4) is 0 Å². The van der Waals surface area contributed by atoms with E-state index in [2.05, 4.69) is 5.32 Å². The molecule has 1 aromatic rings. The van der Waals surface area contributed by atoms with Gasteiger partial charge in [0.1, 0.15) is 0 Å². The van der Waals surface area contributed by atoms with Crippen LogP contribution in [0.1, 0.15) is 24.8 Å². The minimum absolute atomic E-state index is 0.101. The first-order valence-corrected chi connectivity index (χ1v) is 6.24. The zero-order chi connectivity index (χ0) is 13.1. The van der Waals surface area contributed by atoms with Crippen molar-refractivity contribution < 1.29 is 10.0 Å². The SMILES string of the molecule is Cc1cc(NCC2CCCC2O)cc([N+](=O)[O-])c1. The lowest BCUT2D eigenvalue weighted by molar-refractivity contribution is -0.384. The summed E-state index contributed by atoms with van der Waals surface area (Å²) in [6.07, 6.45) is 2.70. The second-order valence-electron chi connectivity index (χ2n) is 4.95. The van der Waals surface area contributed by atoms with E-state index in [4.69, 9.17) is 0 Å². The van der Waals surface area contributed by atoms with Crippen molar-refractivity contribution in [2.75, 3.05) is 11.9 Å². The van der Waals surface area contributed by atoms with Crippen LogP contribution in [0.4, 0.5) is 11.4 Å². The van der Waals surface area contributed by atoms with Gasteiger partial charge < -0.3 is 10.4 Å².